The van der Waals surface area contributed by atoms with E-state index in [-0.39, 0.29) is 11.4 Å². The highest BCUT2D eigenvalue weighted by Gasteiger charge is 2.24. The zero-order valence-corrected chi connectivity index (χ0v) is 18.1. The van der Waals surface area contributed by atoms with Crippen LogP contribution in [0.25, 0.3) is 0 Å². The van der Waals surface area contributed by atoms with Crippen LogP contribution in [0.5, 0.6) is 17.2 Å². The number of carbonyl (C=O) groups excluding carboxylic acids is 1. The Morgan fingerprint density at radius 3 is 2.60 bits per heavy atom. The van der Waals surface area contributed by atoms with Crippen LogP contribution >= 0.6 is 0 Å². The largest absolute Gasteiger partial charge is 0.504 e. The Balaban J connectivity index is 2.15. The first-order valence-electron chi connectivity index (χ1n) is 9.05. The highest BCUT2D eigenvalue weighted by molar-refractivity contribution is 7.92. The highest BCUT2D eigenvalue weighted by Crippen LogP contribution is 2.30. The average molecular weight is 436 g/mol. The second-order valence-electron chi connectivity index (χ2n) is 6.40. The smallest absolute Gasteiger partial charge is 0.260 e. The molecule has 2 aromatic carbocycles. The summed E-state index contributed by atoms with van der Waals surface area (Å²) in [5.41, 5.74) is 3.96. The van der Waals surface area contributed by atoms with Crippen molar-refractivity contribution in [3.63, 3.8) is 0 Å². The number of phenolic OH excluding ortho intramolecular Hbond substituents is 1. The van der Waals surface area contributed by atoms with Gasteiger partial charge in [0.05, 0.1) is 31.9 Å². The van der Waals surface area contributed by atoms with Gasteiger partial charge in [0.15, 0.2) is 11.5 Å². The molecule has 162 valence electrons. The van der Waals surface area contributed by atoms with E-state index < -0.39 is 22.5 Å². The summed E-state index contributed by atoms with van der Waals surface area (Å²) in [7, 11) is -2.34. The maximum Gasteiger partial charge on any atom is 0.260 e. The second kappa shape index (κ2) is 9.97. The number of sulfonamides is 1. The lowest BCUT2D eigenvalue weighted by Gasteiger charge is -2.23. The Morgan fingerprint density at radius 1 is 1.23 bits per heavy atom. The van der Waals surface area contributed by atoms with Gasteiger partial charge in [-0.1, -0.05) is 6.07 Å². The summed E-state index contributed by atoms with van der Waals surface area (Å²) in [6.07, 6.45) is 2.37. The Hall–Kier alpha value is -3.27. The van der Waals surface area contributed by atoms with Crippen molar-refractivity contribution in [2.75, 3.05) is 30.8 Å². The van der Waals surface area contributed by atoms with E-state index in [1.54, 1.807) is 37.3 Å². The first-order chi connectivity index (χ1) is 14.2. The molecule has 0 aromatic heterocycles. The molecule has 0 atom stereocenters. The van der Waals surface area contributed by atoms with Crippen LogP contribution < -0.4 is 19.2 Å². The topological polar surface area (TPSA) is 118 Å². The molecule has 9 nitrogen and oxygen atoms in total. The molecular weight excluding hydrogens is 410 g/mol. The minimum Gasteiger partial charge on any atom is -0.504 e. The Morgan fingerprint density at radius 2 is 1.97 bits per heavy atom. The van der Waals surface area contributed by atoms with E-state index in [9.17, 15) is 18.3 Å². The van der Waals surface area contributed by atoms with Gasteiger partial charge in [-0.2, -0.15) is 5.10 Å². The molecule has 0 radical (unpaired) electrons. The molecule has 0 saturated carbocycles. The molecule has 0 aliphatic carbocycles. The molecule has 0 aliphatic heterocycles. The summed E-state index contributed by atoms with van der Waals surface area (Å²) < 4.78 is 36.1. The predicted molar refractivity (Wildman–Crippen MR) is 115 cm³/mol. The first-order valence-corrected chi connectivity index (χ1v) is 10.9. The molecule has 1 amide bonds. The molecule has 0 bridgehead atoms. The molecule has 0 aliphatic rings. The standard InChI is InChI=1S/C20H25N3O6S/c1-5-29-19-11-15(7-8-17(19)24)12-21-22-20(25)13-23(30(4,26)27)16-10-14(2)6-9-18(16)28-3/h6-12,24H,5,13H2,1-4H3,(H,22,25)/b21-12-. The number of phenols is 1. The number of hydrogen-bond acceptors (Lipinski definition) is 7. The van der Waals surface area contributed by atoms with Crippen LogP contribution in [0.2, 0.25) is 0 Å². The number of nitrogens with zero attached hydrogens (tertiary/aromatic N) is 2. The number of carbonyl (C=O) groups is 1. The molecule has 0 unspecified atom stereocenters. The van der Waals surface area contributed by atoms with Gasteiger partial charge < -0.3 is 14.6 Å². The molecule has 0 heterocycles. The third-order valence-corrected chi connectivity index (χ3v) is 5.10. The van der Waals surface area contributed by atoms with Crippen molar-refractivity contribution in [3.8, 4) is 17.2 Å². The van der Waals surface area contributed by atoms with Crippen molar-refractivity contribution in [1.82, 2.24) is 5.43 Å². The third-order valence-electron chi connectivity index (χ3n) is 3.98. The van der Waals surface area contributed by atoms with E-state index in [2.05, 4.69) is 10.5 Å². The Labute approximate surface area is 176 Å². The summed E-state index contributed by atoms with van der Waals surface area (Å²) in [5.74, 6) is -0.0181. The van der Waals surface area contributed by atoms with E-state index in [4.69, 9.17) is 9.47 Å². The van der Waals surface area contributed by atoms with Crippen LogP contribution in [0.1, 0.15) is 18.1 Å². The van der Waals surface area contributed by atoms with Gasteiger partial charge in [-0.3, -0.25) is 9.10 Å². The quantitative estimate of drug-likeness (QED) is 0.460. The number of nitrogens with one attached hydrogen (secondary N) is 1. The number of hydrogen-bond donors (Lipinski definition) is 2. The van der Waals surface area contributed by atoms with E-state index in [0.29, 0.717) is 23.7 Å². The van der Waals surface area contributed by atoms with Gasteiger partial charge in [-0.25, -0.2) is 13.8 Å². The molecule has 2 N–H and O–H groups in total. The Bertz CT molecular complexity index is 1040. The summed E-state index contributed by atoms with van der Waals surface area (Å²) in [6.45, 7) is 3.50. The lowest BCUT2D eigenvalue weighted by Crippen LogP contribution is -2.39. The molecule has 30 heavy (non-hydrogen) atoms. The van der Waals surface area contributed by atoms with Crippen molar-refractivity contribution >= 4 is 27.8 Å². The minimum atomic E-state index is -3.76. The summed E-state index contributed by atoms with van der Waals surface area (Å²) in [4.78, 5) is 12.3. The van der Waals surface area contributed by atoms with Crippen molar-refractivity contribution in [2.45, 2.75) is 13.8 Å². The lowest BCUT2D eigenvalue weighted by molar-refractivity contribution is -0.119. The lowest BCUT2D eigenvalue weighted by atomic mass is 10.2. The van der Waals surface area contributed by atoms with Gasteiger partial charge in [-0.05, 0) is 55.3 Å². The summed E-state index contributed by atoms with van der Waals surface area (Å²) in [6, 6.07) is 9.65. The number of amides is 1. The SMILES string of the molecule is CCOc1cc(/C=N\NC(=O)CN(c2cc(C)ccc2OC)S(C)(=O)=O)ccc1O. The van der Waals surface area contributed by atoms with Gasteiger partial charge in [0.25, 0.3) is 5.91 Å². The molecule has 10 heteroatoms. The van der Waals surface area contributed by atoms with Crippen LogP contribution in [0, 0.1) is 6.92 Å². The van der Waals surface area contributed by atoms with Crippen LogP contribution in [0.3, 0.4) is 0 Å². The zero-order chi connectivity index (χ0) is 22.3. The van der Waals surface area contributed by atoms with Crippen LogP contribution in [0.4, 0.5) is 5.69 Å². The van der Waals surface area contributed by atoms with Gasteiger partial charge >= 0.3 is 0 Å². The average Bonchev–Trinajstić information content (AvgIpc) is 2.68. The first kappa shape index (κ1) is 23.0. The number of aryl methyl sites for hydroxylation is 1. The monoisotopic (exact) mass is 435 g/mol. The normalized spacial score (nSPS) is 11.3. The van der Waals surface area contributed by atoms with Crippen molar-refractivity contribution in [3.05, 3.63) is 47.5 Å². The van der Waals surface area contributed by atoms with E-state index in [1.807, 2.05) is 6.92 Å². The number of anilines is 1. The van der Waals surface area contributed by atoms with Crippen molar-refractivity contribution < 1.29 is 27.8 Å². The van der Waals surface area contributed by atoms with Crippen LogP contribution in [-0.2, 0) is 14.8 Å². The maximum atomic E-state index is 12.3. The number of hydrazone groups is 1. The predicted octanol–water partition coefficient (Wildman–Crippen LogP) is 2.02. The fraction of sp³-hybridized carbons (Fsp3) is 0.300. The molecule has 0 saturated heterocycles. The second-order valence-corrected chi connectivity index (χ2v) is 8.31. The van der Waals surface area contributed by atoms with Crippen molar-refractivity contribution in [2.24, 2.45) is 5.10 Å². The number of methoxy groups -OCH3 is 1. The third kappa shape index (κ3) is 6.11. The summed E-state index contributed by atoms with van der Waals surface area (Å²) >= 11 is 0. The Kier molecular flexibility index (Phi) is 7.65. The van der Waals surface area contributed by atoms with E-state index in [0.717, 1.165) is 16.1 Å². The molecule has 0 spiro atoms. The fourth-order valence-corrected chi connectivity index (χ4v) is 3.45. The highest BCUT2D eigenvalue weighted by atomic mass is 32.2. The maximum absolute atomic E-state index is 12.3. The number of benzene rings is 2. The number of ether oxygens (including phenoxy) is 2. The fourth-order valence-electron chi connectivity index (χ4n) is 2.60. The molecule has 2 rings (SSSR count). The van der Waals surface area contributed by atoms with E-state index >= 15 is 0 Å². The van der Waals surface area contributed by atoms with Gasteiger partial charge in [0.2, 0.25) is 10.0 Å². The van der Waals surface area contributed by atoms with Crippen LogP contribution in [0.15, 0.2) is 41.5 Å². The molecule has 2 aromatic rings. The minimum absolute atomic E-state index is 0.00562. The van der Waals surface area contributed by atoms with Crippen LogP contribution in [-0.4, -0.2) is 52.2 Å². The molecular formula is C20H25N3O6S. The zero-order valence-electron chi connectivity index (χ0n) is 17.2. The molecule has 0 fully saturated rings. The van der Waals surface area contributed by atoms with E-state index in [1.165, 1.54) is 19.4 Å². The van der Waals surface area contributed by atoms with Gasteiger partial charge in [0, 0.05) is 0 Å². The number of aromatic hydroxyl groups is 1. The van der Waals surface area contributed by atoms with Crippen molar-refractivity contribution in [1.29, 1.82) is 0 Å². The van der Waals surface area contributed by atoms with Gasteiger partial charge in [0.1, 0.15) is 12.3 Å². The number of rotatable bonds is 9. The summed E-state index contributed by atoms with van der Waals surface area (Å²) in [5, 5.41) is 13.6. The van der Waals surface area contributed by atoms with Gasteiger partial charge in [-0.15, -0.1) is 0 Å².